The highest BCUT2D eigenvalue weighted by Gasteiger charge is 2.29. The molecule has 0 radical (unpaired) electrons. The molecule has 0 saturated carbocycles. The first-order valence-electron chi connectivity index (χ1n) is 11.3. The first-order valence-corrected chi connectivity index (χ1v) is 11.3. The lowest BCUT2D eigenvalue weighted by atomic mass is 9.97. The predicted octanol–water partition coefficient (Wildman–Crippen LogP) is 2.85. The summed E-state index contributed by atoms with van der Waals surface area (Å²) in [6.45, 7) is 2.93. The molecule has 1 fully saturated rings. The average Bonchev–Trinajstić information content (AvgIpc) is 3.38. The number of fused-ring (bicyclic) bond motifs is 1. The molecule has 2 N–H and O–H groups in total. The molecule has 172 valence electrons. The maximum Gasteiger partial charge on any atom is 0.276 e. The first kappa shape index (κ1) is 21.4. The van der Waals surface area contributed by atoms with Crippen LogP contribution in [0.25, 0.3) is 11.3 Å². The Kier molecular flexibility index (Phi) is 5.95. The van der Waals surface area contributed by atoms with Gasteiger partial charge in [-0.1, -0.05) is 17.3 Å². The lowest BCUT2D eigenvalue weighted by molar-refractivity contribution is 0.0721. The Morgan fingerprint density at radius 1 is 1.30 bits per heavy atom. The fourth-order valence-electron chi connectivity index (χ4n) is 4.53. The van der Waals surface area contributed by atoms with Crippen molar-refractivity contribution in [2.24, 2.45) is 0 Å². The Hall–Kier alpha value is -3.46. The molecule has 33 heavy (non-hydrogen) atoms. The highest BCUT2D eigenvalue weighted by atomic mass is 16.5. The summed E-state index contributed by atoms with van der Waals surface area (Å²) in [7, 11) is 3.50. The van der Waals surface area contributed by atoms with Gasteiger partial charge in [0.05, 0.1) is 19.3 Å². The van der Waals surface area contributed by atoms with E-state index in [2.05, 4.69) is 15.8 Å². The van der Waals surface area contributed by atoms with E-state index in [0.29, 0.717) is 36.9 Å². The Bertz CT molecular complexity index is 1150. The monoisotopic (exact) mass is 448 g/mol. The molecule has 2 aliphatic heterocycles. The average molecular weight is 449 g/mol. The number of nitrogens with one attached hydrogen (secondary N) is 2. The molecule has 1 unspecified atom stereocenters. The molecule has 9 nitrogen and oxygen atoms in total. The van der Waals surface area contributed by atoms with Gasteiger partial charge in [0.2, 0.25) is 0 Å². The van der Waals surface area contributed by atoms with Crippen LogP contribution >= 0.6 is 0 Å². The van der Waals surface area contributed by atoms with Gasteiger partial charge in [-0.05, 0) is 37.9 Å². The van der Waals surface area contributed by atoms with Crippen molar-refractivity contribution in [2.45, 2.75) is 31.7 Å². The number of methoxy groups -OCH3 is 1. The standard InChI is InChI=1S/C24H28N6O3/c1-25-23-18-8-10-30(14-20(18)27-22(28-23)16-6-4-9-26-13-16)24(31)19-12-21(33-29-19)15-5-3-7-17(11-15)32-2/h3,5,7,11-12,16,26H,4,6,8-10,13-14H2,1-2H3,(H,25,27,28). The summed E-state index contributed by atoms with van der Waals surface area (Å²) in [5, 5.41) is 10.7. The fraction of sp³-hybridized carbons (Fsp3) is 0.417. The van der Waals surface area contributed by atoms with Gasteiger partial charge in [-0.2, -0.15) is 0 Å². The third kappa shape index (κ3) is 4.28. The molecule has 5 rings (SSSR count). The van der Waals surface area contributed by atoms with Crippen molar-refractivity contribution < 1.29 is 14.1 Å². The molecule has 0 spiro atoms. The summed E-state index contributed by atoms with van der Waals surface area (Å²) in [6, 6.07) is 9.16. The third-order valence-electron chi connectivity index (χ3n) is 6.35. The highest BCUT2D eigenvalue weighted by Crippen LogP contribution is 2.29. The minimum atomic E-state index is -0.163. The number of rotatable bonds is 5. The van der Waals surface area contributed by atoms with E-state index in [1.165, 1.54) is 0 Å². The van der Waals surface area contributed by atoms with E-state index >= 15 is 0 Å². The summed E-state index contributed by atoms with van der Waals surface area (Å²) >= 11 is 0. The van der Waals surface area contributed by atoms with E-state index in [-0.39, 0.29) is 11.6 Å². The normalized spacial score (nSPS) is 18.0. The molecule has 0 aliphatic carbocycles. The fourth-order valence-corrected chi connectivity index (χ4v) is 4.53. The number of hydrogen-bond acceptors (Lipinski definition) is 8. The van der Waals surface area contributed by atoms with E-state index in [0.717, 1.165) is 54.4 Å². The second-order valence-electron chi connectivity index (χ2n) is 8.43. The van der Waals surface area contributed by atoms with Crippen LogP contribution in [0.3, 0.4) is 0 Å². The van der Waals surface area contributed by atoms with Gasteiger partial charge in [-0.15, -0.1) is 0 Å². The third-order valence-corrected chi connectivity index (χ3v) is 6.35. The molecule has 2 aromatic heterocycles. The summed E-state index contributed by atoms with van der Waals surface area (Å²) in [4.78, 5) is 24.7. The zero-order valence-corrected chi connectivity index (χ0v) is 18.9. The van der Waals surface area contributed by atoms with Gasteiger partial charge in [0.25, 0.3) is 5.91 Å². The van der Waals surface area contributed by atoms with Gasteiger partial charge in [0.1, 0.15) is 17.4 Å². The van der Waals surface area contributed by atoms with Crippen molar-refractivity contribution in [1.29, 1.82) is 0 Å². The summed E-state index contributed by atoms with van der Waals surface area (Å²) in [6.07, 6.45) is 2.89. The maximum absolute atomic E-state index is 13.2. The van der Waals surface area contributed by atoms with E-state index in [4.69, 9.17) is 19.2 Å². The number of amides is 1. The van der Waals surface area contributed by atoms with Crippen molar-refractivity contribution in [1.82, 2.24) is 25.3 Å². The zero-order valence-electron chi connectivity index (χ0n) is 18.9. The molecule has 2 aliphatic rings. The Morgan fingerprint density at radius 3 is 3.00 bits per heavy atom. The summed E-state index contributed by atoms with van der Waals surface area (Å²) in [5.41, 5.74) is 3.09. The van der Waals surface area contributed by atoms with Crippen LogP contribution in [0.15, 0.2) is 34.9 Å². The SMILES string of the molecule is CNc1nc(C2CCCNC2)nc2c1CCN(C(=O)c1cc(-c3cccc(OC)c3)on1)C2. The lowest BCUT2D eigenvalue weighted by Gasteiger charge is -2.30. The number of hydrogen-bond donors (Lipinski definition) is 2. The van der Waals surface area contributed by atoms with Crippen LogP contribution in [0.1, 0.15) is 46.3 Å². The molecule has 4 heterocycles. The molecule has 1 amide bonds. The van der Waals surface area contributed by atoms with Crippen LogP contribution in [0.2, 0.25) is 0 Å². The maximum atomic E-state index is 13.2. The van der Waals surface area contributed by atoms with E-state index < -0.39 is 0 Å². The van der Waals surface area contributed by atoms with Crippen molar-refractivity contribution in [3.8, 4) is 17.1 Å². The number of ether oxygens (including phenoxy) is 1. The van der Waals surface area contributed by atoms with Gasteiger partial charge < -0.3 is 24.8 Å². The van der Waals surface area contributed by atoms with Gasteiger partial charge in [-0.3, -0.25) is 4.79 Å². The molecule has 9 heteroatoms. The molecule has 0 bridgehead atoms. The van der Waals surface area contributed by atoms with Crippen LogP contribution in [0.4, 0.5) is 5.82 Å². The number of carbonyl (C=O) groups excluding carboxylic acids is 1. The summed E-state index contributed by atoms with van der Waals surface area (Å²) in [5.74, 6) is 3.10. The first-order chi connectivity index (χ1) is 16.2. The Morgan fingerprint density at radius 2 is 2.21 bits per heavy atom. The van der Waals surface area contributed by atoms with Crippen molar-refractivity contribution in [3.05, 3.63) is 53.1 Å². The Labute approximate surface area is 192 Å². The van der Waals surface area contributed by atoms with Crippen molar-refractivity contribution in [2.75, 3.05) is 39.1 Å². The molecule has 1 saturated heterocycles. The number of aromatic nitrogens is 3. The molecular formula is C24H28N6O3. The minimum absolute atomic E-state index is 0.163. The molecule has 1 atom stereocenters. The second-order valence-corrected chi connectivity index (χ2v) is 8.43. The lowest BCUT2D eigenvalue weighted by Crippen LogP contribution is -2.38. The van der Waals surface area contributed by atoms with Crippen molar-refractivity contribution in [3.63, 3.8) is 0 Å². The van der Waals surface area contributed by atoms with Crippen LogP contribution in [0, 0.1) is 0 Å². The van der Waals surface area contributed by atoms with Crippen LogP contribution in [-0.4, -0.2) is 59.7 Å². The number of piperidine rings is 1. The summed E-state index contributed by atoms with van der Waals surface area (Å²) < 4.78 is 10.7. The van der Waals surface area contributed by atoms with Gasteiger partial charge in [-0.25, -0.2) is 9.97 Å². The van der Waals surface area contributed by atoms with Crippen molar-refractivity contribution >= 4 is 11.7 Å². The number of benzene rings is 1. The largest absolute Gasteiger partial charge is 0.497 e. The number of anilines is 1. The molecular weight excluding hydrogens is 420 g/mol. The quantitative estimate of drug-likeness (QED) is 0.614. The van der Waals surface area contributed by atoms with E-state index in [1.807, 2.05) is 31.3 Å². The van der Waals surface area contributed by atoms with Gasteiger partial charge in [0, 0.05) is 43.2 Å². The second kappa shape index (κ2) is 9.19. The van der Waals surface area contributed by atoms with Gasteiger partial charge in [0.15, 0.2) is 11.5 Å². The zero-order chi connectivity index (χ0) is 22.8. The van der Waals surface area contributed by atoms with E-state index in [1.54, 1.807) is 18.1 Å². The smallest absolute Gasteiger partial charge is 0.276 e. The highest BCUT2D eigenvalue weighted by molar-refractivity contribution is 5.93. The number of carbonyl (C=O) groups is 1. The topological polar surface area (TPSA) is 105 Å². The minimum Gasteiger partial charge on any atom is -0.497 e. The van der Waals surface area contributed by atoms with Crippen LogP contribution in [0.5, 0.6) is 5.75 Å². The van der Waals surface area contributed by atoms with E-state index in [9.17, 15) is 4.79 Å². The van der Waals surface area contributed by atoms with Crippen LogP contribution < -0.4 is 15.4 Å². The molecule has 1 aromatic carbocycles. The van der Waals surface area contributed by atoms with Gasteiger partial charge >= 0.3 is 0 Å². The molecule has 3 aromatic rings. The number of nitrogens with zero attached hydrogens (tertiary/aromatic N) is 4. The van der Waals surface area contributed by atoms with Crippen LogP contribution in [-0.2, 0) is 13.0 Å². The predicted molar refractivity (Wildman–Crippen MR) is 123 cm³/mol. The Balaban J connectivity index is 1.37.